The van der Waals surface area contributed by atoms with E-state index in [0.29, 0.717) is 12.2 Å². The predicted octanol–water partition coefficient (Wildman–Crippen LogP) is 5.86. The van der Waals surface area contributed by atoms with Gasteiger partial charge in [-0.1, -0.05) is 44.6 Å². The highest BCUT2D eigenvalue weighted by Crippen LogP contribution is 2.31. The molecule has 3 heterocycles. The first-order chi connectivity index (χ1) is 16.4. The van der Waals surface area contributed by atoms with Crippen LogP contribution in [-0.2, 0) is 14.3 Å². The van der Waals surface area contributed by atoms with Gasteiger partial charge in [-0.05, 0) is 49.7 Å². The van der Waals surface area contributed by atoms with Crippen molar-refractivity contribution in [2.45, 2.75) is 65.3 Å². The van der Waals surface area contributed by atoms with Crippen molar-refractivity contribution in [3.63, 3.8) is 0 Å². The van der Waals surface area contributed by atoms with Crippen LogP contribution in [0.3, 0.4) is 0 Å². The van der Waals surface area contributed by atoms with E-state index in [4.69, 9.17) is 14.5 Å². The van der Waals surface area contributed by atoms with Crippen LogP contribution in [0.5, 0.6) is 0 Å². The lowest BCUT2D eigenvalue weighted by atomic mass is 9.92. The number of hydrogen-bond acceptors (Lipinski definition) is 6. The number of hydrogen-bond donors (Lipinski definition) is 2. The molecule has 7 heteroatoms. The van der Waals surface area contributed by atoms with E-state index in [-0.39, 0.29) is 17.4 Å². The molecule has 1 atom stereocenters. The van der Waals surface area contributed by atoms with Crippen LogP contribution in [0.4, 0.5) is 17.3 Å². The molecule has 0 aromatic carbocycles. The molecule has 2 N–H and O–H groups in total. The molecule has 0 bridgehead atoms. The number of carbonyl (C=O) groups excluding carboxylic acids is 1. The zero-order valence-electron chi connectivity index (χ0n) is 20.5. The molecule has 1 unspecified atom stereocenters. The van der Waals surface area contributed by atoms with Gasteiger partial charge in [0.15, 0.2) is 11.6 Å². The van der Waals surface area contributed by atoms with Gasteiger partial charge < -0.3 is 25.0 Å². The van der Waals surface area contributed by atoms with Gasteiger partial charge in [-0.15, -0.1) is 0 Å². The molecule has 1 aliphatic carbocycles. The summed E-state index contributed by atoms with van der Waals surface area (Å²) in [6, 6.07) is 3.76. The lowest BCUT2D eigenvalue weighted by Gasteiger charge is -2.26. The molecule has 0 radical (unpaired) electrons. The summed E-state index contributed by atoms with van der Waals surface area (Å²) in [7, 11) is 0. The number of rotatable bonds is 8. The second-order valence-corrected chi connectivity index (χ2v) is 10.3. The summed E-state index contributed by atoms with van der Waals surface area (Å²) in [4.78, 5) is 19.9. The van der Waals surface area contributed by atoms with Gasteiger partial charge in [0.2, 0.25) is 5.91 Å². The van der Waals surface area contributed by atoms with Crippen molar-refractivity contribution in [3.05, 3.63) is 60.5 Å². The van der Waals surface area contributed by atoms with Gasteiger partial charge >= 0.3 is 0 Å². The number of pyridine rings is 1. The fourth-order valence-corrected chi connectivity index (χ4v) is 4.40. The van der Waals surface area contributed by atoms with E-state index < -0.39 is 0 Å². The number of ether oxygens (including phenoxy) is 2. The molecule has 0 spiro atoms. The number of nitrogens with one attached hydrogen (secondary N) is 2. The zero-order valence-corrected chi connectivity index (χ0v) is 20.5. The SMILES string of the molecule is CC(C)(C)CC(=O)Nc1ccc(NC(CC2=CC=CCC2)C2=COC=CO2)nc1N1CCCC1. The molecule has 1 aromatic rings. The normalized spacial score (nSPS) is 18.5. The summed E-state index contributed by atoms with van der Waals surface area (Å²) in [5, 5.41) is 6.66. The average molecular weight is 465 g/mol. The maximum atomic E-state index is 12.7. The van der Waals surface area contributed by atoms with E-state index in [9.17, 15) is 4.79 Å². The Morgan fingerprint density at radius 2 is 2.03 bits per heavy atom. The van der Waals surface area contributed by atoms with Crippen molar-refractivity contribution in [1.82, 2.24) is 4.98 Å². The van der Waals surface area contributed by atoms with Gasteiger partial charge in [0.1, 0.15) is 24.6 Å². The van der Waals surface area contributed by atoms with E-state index in [0.717, 1.165) is 62.5 Å². The van der Waals surface area contributed by atoms with Gasteiger partial charge in [-0.3, -0.25) is 4.79 Å². The quantitative estimate of drug-likeness (QED) is 0.502. The van der Waals surface area contributed by atoms with E-state index in [1.807, 2.05) is 12.1 Å². The third-order valence-corrected chi connectivity index (χ3v) is 6.00. The molecule has 0 saturated carbocycles. The van der Waals surface area contributed by atoms with Crippen LogP contribution >= 0.6 is 0 Å². The van der Waals surface area contributed by atoms with Gasteiger partial charge in [-0.2, -0.15) is 0 Å². The Hall–Kier alpha value is -3.22. The molecule has 182 valence electrons. The Balaban J connectivity index is 1.56. The van der Waals surface area contributed by atoms with Crippen LogP contribution in [0.15, 0.2) is 60.5 Å². The highest BCUT2D eigenvalue weighted by molar-refractivity contribution is 5.94. The monoisotopic (exact) mass is 464 g/mol. The van der Waals surface area contributed by atoms with Crippen LogP contribution in [0.1, 0.15) is 59.3 Å². The van der Waals surface area contributed by atoms with E-state index in [1.54, 1.807) is 12.5 Å². The highest BCUT2D eigenvalue weighted by Gasteiger charge is 2.24. The first kappa shape index (κ1) is 23.9. The highest BCUT2D eigenvalue weighted by atomic mass is 16.5. The maximum Gasteiger partial charge on any atom is 0.224 e. The summed E-state index contributed by atoms with van der Waals surface area (Å²) in [6.45, 7) is 8.08. The first-order valence-corrected chi connectivity index (χ1v) is 12.2. The average Bonchev–Trinajstić information content (AvgIpc) is 3.34. The van der Waals surface area contributed by atoms with Crippen LogP contribution in [0.2, 0.25) is 0 Å². The molecule has 7 nitrogen and oxygen atoms in total. The van der Waals surface area contributed by atoms with E-state index in [1.165, 1.54) is 11.8 Å². The molecule has 2 aliphatic heterocycles. The second kappa shape index (κ2) is 10.8. The number of nitrogens with zero attached hydrogens (tertiary/aromatic N) is 2. The van der Waals surface area contributed by atoms with Crippen molar-refractivity contribution in [1.29, 1.82) is 0 Å². The Labute approximate surface area is 202 Å². The zero-order chi connectivity index (χ0) is 24.0. The van der Waals surface area contributed by atoms with Crippen LogP contribution in [0.25, 0.3) is 0 Å². The molecule has 1 aromatic heterocycles. The van der Waals surface area contributed by atoms with Gasteiger partial charge in [-0.25, -0.2) is 4.98 Å². The molecule has 34 heavy (non-hydrogen) atoms. The van der Waals surface area contributed by atoms with Crippen molar-refractivity contribution < 1.29 is 14.3 Å². The molecule has 1 fully saturated rings. The Kier molecular flexibility index (Phi) is 7.60. The fraction of sp³-hybridized carbons (Fsp3) is 0.481. The topological polar surface area (TPSA) is 75.7 Å². The molecule has 4 rings (SSSR count). The molecular formula is C27H36N4O3. The predicted molar refractivity (Wildman–Crippen MR) is 136 cm³/mol. The summed E-state index contributed by atoms with van der Waals surface area (Å²) < 4.78 is 11.1. The Morgan fingerprint density at radius 1 is 1.21 bits per heavy atom. The first-order valence-electron chi connectivity index (χ1n) is 12.2. The van der Waals surface area contributed by atoms with Crippen molar-refractivity contribution >= 4 is 23.2 Å². The largest absolute Gasteiger partial charge is 0.466 e. The summed E-state index contributed by atoms with van der Waals surface area (Å²) in [6.07, 6.45) is 16.8. The van der Waals surface area contributed by atoms with Crippen LogP contribution in [-0.4, -0.2) is 30.0 Å². The van der Waals surface area contributed by atoms with Crippen molar-refractivity contribution in [3.8, 4) is 0 Å². The number of allylic oxidation sites excluding steroid dienone is 3. The molecule has 3 aliphatic rings. The second-order valence-electron chi connectivity index (χ2n) is 10.3. The number of aromatic nitrogens is 1. The van der Waals surface area contributed by atoms with E-state index >= 15 is 0 Å². The summed E-state index contributed by atoms with van der Waals surface area (Å²) >= 11 is 0. The minimum Gasteiger partial charge on any atom is -0.466 e. The van der Waals surface area contributed by atoms with Gasteiger partial charge in [0.05, 0.1) is 11.7 Å². The molecular weight excluding hydrogens is 428 g/mol. The minimum atomic E-state index is -0.122. The number of amides is 1. The van der Waals surface area contributed by atoms with Crippen LogP contribution < -0.4 is 15.5 Å². The third-order valence-electron chi connectivity index (χ3n) is 6.00. The summed E-state index contributed by atoms with van der Waals surface area (Å²) in [5.41, 5.74) is 2.04. The van der Waals surface area contributed by atoms with Gasteiger partial charge in [0.25, 0.3) is 0 Å². The lowest BCUT2D eigenvalue weighted by molar-refractivity contribution is -0.117. The molecule has 1 amide bonds. The fourth-order valence-electron chi connectivity index (χ4n) is 4.40. The van der Waals surface area contributed by atoms with Gasteiger partial charge in [0, 0.05) is 19.5 Å². The minimum absolute atomic E-state index is 0.00956. The summed E-state index contributed by atoms with van der Waals surface area (Å²) in [5.74, 6) is 2.28. The standard InChI is InChI=1S/C27H36N4O3/c1-27(2,3)18-25(32)29-21-11-12-24(30-26(21)31-13-7-8-14-31)28-22(23-19-33-15-16-34-23)17-20-9-5-4-6-10-20/h4-5,9,11-12,15-16,19,22H,6-8,10,13-14,17-18H2,1-3H3,(H,28,30)(H,29,32). The number of carbonyl (C=O) groups is 1. The Bertz CT molecular complexity index is 998. The van der Waals surface area contributed by atoms with Crippen molar-refractivity contribution in [2.24, 2.45) is 5.41 Å². The van der Waals surface area contributed by atoms with E-state index in [2.05, 4.69) is 54.5 Å². The molecule has 1 saturated heterocycles. The van der Waals surface area contributed by atoms with Crippen molar-refractivity contribution in [2.75, 3.05) is 28.6 Å². The smallest absolute Gasteiger partial charge is 0.224 e. The van der Waals surface area contributed by atoms with Crippen LogP contribution in [0, 0.1) is 5.41 Å². The lowest BCUT2D eigenvalue weighted by Crippen LogP contribution is -2.27. The number of anilines is 3. The Morgan fingerprint density at radius 3 is 2.71 bits per heavy atom. The third kappa shape index (κ3) is 6.65. The maximum absolute atomic E-state index is 12.7.